The van der Waals surface area contributed by atoms with E-state index >= 15 is 0 Å². The van der Waals surface area contributed by atoms with E-state index in [0.717, 1.165) is 26.2 Å². The average molecular weight is 381 g/mol. The van der Waals surface area contributed by atoms with Crippen molar-refractivity contribution in [2.24, 2.45) is 0 Å². The number of anilines is 2. The summed E-state index contributed by atoms with van der Waals surface area (Å²) in [5, 5.41) is 2.97. The number of hydrogen-bond donors (Lipinski definition) is 2. The van der Waals surface area contributed by atoms with Crippen molar-refractivity contribution in [1.29, 1.82) is 0 Å². The van der Waals surface area contributed by atoms with Gasteiger partial charge in [-0.05, 0) is 57.0 Å². The van der Waals surface area contributed by atoms with Crippen molar-refractivity contribution in [2.75, 3.05) is 36.4 Å². The molecular formula is C23H30N3O2+. The van der Waals surface area contributed by atoms with E-state index in [0.29, 0.717) is 11.3 Å². The Morgan fingerprint density at radius 1 is 1.07 bits per heavy atom. The van der Waals surface area contributed by atoms with Crippen molar-refractivity contribution in [3.63, 3.8) is 0 Å². The molecule has 1 amide bonds. The first kappa shape index (κ1) is 20.1. The van der Waals surface area contributed by atoms with E-state index in [9.17, 15) is 9.59 Å². The monoisotopic (exact) mass is 380 g/mol. The van der Waals surface area contributed by atoms with Crippen LogP contribution in [0.15, 0.2) is 42.5 Å². The van der Waals surface area contributed by atoms with Gasteiger partial charge in [0.15, 0.2) is 11.8 Å². The van der Waals surface area contributed by atoms with E-state index in [1.54, 1.807) is 18.2 Å². The van der Waals surface area contributed by atoms with E-state index < -0.39 is 0 Å². The summed E-state index contributed by atoms with van der Waals surface area (Å²) in [5.74, 6) is -0.00627. The average Bonchev–Trinajstić information content (AvgIpc) is 2.70. The van der Waals surface area contributed by atoms with Crippen LogP contribution in [0.5, 0.6) is 0 Å². The van der Waals surface area contributed by atoms with Crippen LogP contribution in [0, 0.1) is 13.8 Å². The molecule has 148 valence electrons. The van der Waals surface area contributed by atoms with Crippen LogP contribution in [0.1, 0.15) is 35.3 Å². The summed E-state index contributed by atoms with van der Waals surface area (Å²) in [7, 11) is 0. The van der Waals surface area contributed by atoms with Crippen molar-refractivity contribution in [2.45, 2.75) is 33.7 Å². The second kappa shape index (κ2) is 8.57. The lowest BCUT2D eigenvalue weighted by Crippen LogP contribution is -3.19. The van der Waals surface area contributed by atoms with Gasteiger partial charge in [-0.1, -0.05) is 24.3 Å². The number of quaternary nitrogens is 1. The molecule has 1 atom stereocenters. The van der Waals surface area contributed by atoms with Crippen LogP contribution in [-0.2, 0) is 4.79 Å². The largest absolute Gasteiger partial charge is 0.360 e. The molecule has 1 aliphatic rings. The Labute approximate surface area is 167 Å². The number of rotatable bonds is 5. The first-order valence-corrected chi connectivity index (χ1v) is 9.94. The zero-order chi connectivity index (χ0) is 20.3. The van der Waals surface area contributed by atoms with Gasteiger partial charge in [-0.3, -0.25) is 9.59 Å². The summed E-state index contributed by atoms with van der Waals surface area (Å²) in [6, 6.07) is 13.4. The molecular weight excluding hydrogens is 350 g/mol. The molecule has 1 fully saturated rings. The highest BCUT2D eigenvalue weighted by Gasteiger charge is 2.29. The molecule has 2 aromatic carbocycles. The van der Waals surface area contributed by atoms with Crippen LogP contribution in [-0.4, -0.2) is 43.9 Å². The van der Waals surface area contributed by atoms with E-state index in [2.05, 4.69) is 42.3 Å². The number of nitrogens with one attached hydrogen (secondary N) is 2. The Bertz CT molecular complexity index is 870. The Kier molecular flexibility index (Phi) is 6.15. The lowest BCUT2D eigenvalue weighted by atomic mass is 10.1. The minimum atomic E-state index is -0.137. The van der Waals surface area contributed by atoms with Crippen LogP contribution in [0.3, 0.4) is 0 Å². The van der Waals surface area contributed by atoms with E-state index in [-0.39, 0.29) is 17.7 Å². The van der Waals surface area contributed by atoms with Crippen molar-refractivity contribution in [3.8, 4) is 0 Å². The quantitative estimate of drug-likeness (QED) is 0.783. The fourth-order valence-corrected chi connectivity index (χ4v) is 3.80. The number of Topliss-reactive ketones (excluding diaryl/α,β-unsaturated/α-hetero) is 1. The number of carbonyl (C=O) groups excluding carboxylic acids is 2. The summed E-state index contributed by atoms with van der Waals surface area (Å²) < 4.78 is 0. The van der Waals surface area contributed by atoms with Gasteiger partial charge < -0.3 is 15.1 Å². The van der Waals surface area contributed by atoms with Gasteiger partial charge in [0.2, 0.25) is 0 Å². The summed E-state index contributed by atoms with van der Waals surface area (Å²) in [6.45, 7) is 11.6. The molecule has 0 spiro atoms. The molecule has 1 aliphatic heterocycles. The smallest absolute Gasteiger partial charge is 0.282 e. The van der Waals surface area contributed by atoms with E-state index in [4.69, 9.17) is 0 Å². The predicted octanol–water partition coefficient (Wildman–Crippen LogP) is 2.24. The number of ketones is 1. The highest BCUT2D eigenvalue weighted by Crippen LogP contribution is 2.22. The molecule has 0 unspecified atom stereocenters. The Balaban J connectivity index is 1.59. The summed E-state index contributed by atoms with van der Waals surface area (Å²) in [5.41, 5.74) is 5.24. The fraction of sp³-hybridized carbons (Fsp3) is 0.391. The lowest BCUT2D eigenvalue weighted by Gasteiger charge is -2.36. The molecule has 0 saturated carbocycles. The van der Waals surface area contributed by atoms with Gasteiger partial charge in [0.05, 0.1) is 26.2 Å². The minimum Gasteiger partial charge on any atom is -0.360 e. The molecule has 3 rings (SSSR count). The maximum Gasteiger partial charge on any atom is 0.282 e. The zero-order valence-electron chi connectivity index (χ0n) is 17.2. The summed E-state index contributed by atoms with van der Waals surface area (Å²) in [4.78, 5) is 28.0. The number of piperazine rings is 1. The summed E-state index contributed by atoms with van der Waals surface area (Å²) >= 11 is 0. The fourth-order valence-electron chi connectivity index (χ4n) is 3.80. The zero-order valence-corrected chi connectivity index (χ0v) is 17.2. The SMILES string of the molecule is CC(=O)c1cccc(NC(=O)[C@H](C)[NH+]2CCN(c3cccc(C)c3C)CC2)c1. The highest BCUT2D eigenvalue weighted by molar-refractivity contribution is 5.98. The van der Waals surface area contributed by atoms with E-state index in [1.165, 1.54) is 28.6 Å². The molecule has 2 aromatic rings. The van der Waals surface area contributed by atoms with Crippen LogP contribution in [0.25, 0.3) is 0 Å². The molecule has 28 heavy (non-hydrogen) atoms. The second-order valence-electron chi connectivity index (χ2n) is 7.71. The van der Waals surface area contributed by atoms with Crippen LogP contribution >= 0.6 is 0 Å². The standard InChI is InChI=1S/C23H29N3O2/c1-16-7-5-10-22(17(16)2)26-13-11-25(12-14-26)18(3)23(28)24-21-9-6-8-20(15-21)19(4)27/h5-10,15,18H,11-14H2,1-4H3,(H,24,28)/p+1/t18-/m0/s1. The van der Waals surface area contributed by atoms with Crippen molar-refractivity contribution in [1.82, 2.24) is 0 Å². The molecule has 5 nitrogen and oxygen atoms in total. The third kappa shape index (κ3) is 4.42. The van der Waals surface area contributed by atoms with Crippen LogP contribution < -0.4 is 15.1 Å². The highest BCUT2D eigenvalue weighted by atomic mass is 16.2. The Morgan fingerprint density at radius 2 is 1.75 bits per heavy atom. The second-order valence-corrected chi connectivity index (χ2v) is 7.71. The number of amides is 1. The van der Waals surface area contributed by atoms with Gasteiger partial charge >= 0.3 is 0 Å². The first-order valence-electron chi connectivity index (χ1n) is 9.94. The molecule has 0 bridgehead atoms. The molecule has 1 heterocycles. The van der Waals surface area contributed by atoms with E-state index in [1.807, 2.05) is 13.0 Å². The van der Waals surface area contributed by atoms with Gasteiger partial charge in [0.1, 0.15) is 0 Å². The van der Waals surface area contributed by atoms with Crippen molar-refractivity contribution in [3.05, 3.63) is 59.2 Å². The Morgan fingerprint density at radius 3 is 2.43 bits per heavy atom. The lowest BCUT2D eigenvalue weighted by molar-refractivity contribution is -0.914. The third-order valence-electron chi connectivity index (χ3n) is 5.86. The van der Waals surface area contributed by atoms with Crippen LogP contribution in [0.2, 0.25) is 0 Å². The third-order valence-corrected chi connectivity index (χ3v) is 5.86. The summed E-state index contributed by atoms with van der Waals surface area (Å²) in [6.07, 6.45) is 0. The molecule has 0 radical (unpaired) electrons. The van der Waals surface area contributed by atoms with Gasteiger partial charge in [-0.25, -0.2) is 0 Å². The molecule has 0 aliphatic carbocycles. The Hall–Kier alpha value is -2.66. The number of carbonyl (C=O) groups is 2. The molecule has 0 aromatic heterocycles. The van der Waals surface area contributed by atoms with Gasteiger partial charge in [-0.2, -0.15) is 0 Å². The number of benzene rings is 2. The minimum absolute atomic E-state index is 0.00247. The topological polar surface area (TPSA) is 53.9 Å². The maximum atomic E-state index is 12.7. The van der Waals surface area contributed by atoms with Crippen LogP contribution in [0.4, 0.5) is 11.4 Å². The normalized spacial score (nSPS) is 15.9. The van der Waals surface area contributed by atoms with Gasteiger partial charge in [0, 0.05) is 16.9 Å². The number of nitrogens with zero attached hydrogens (tertiary/aromatic N) is 1. The molecule has 1 saturated heterocycles. The van der Waals surface area contributed by atoms with Crippen molar-refractivity contribution < 1.29 is 14.5 Å². The van der Waals surface area contributed by atoms with Gasteiger partial charge in [-0.15, -0.1) is 0 Å². The predicted molar refractivity (Wildman–Crippen MR) is 113 cm³/mol. The van der Waals surface area contributed by atoms with Gasteiger partial charge in [0.25, 0.3) is 5.91 Å². The number of aryl methyl sites for hydroxylation is 1. The number of hydrogen-bond acceptors (Lipinski definition) is 3. The molecule has 2 N–H and O–H groups in total. The van der Waals surface area contributed by atoms with Crippen molar-refractivity contribution >= 4 is 23.1 Å². The first-order chi connectivity index (χ1) is 13.4. The maximum absolute atomic E-state index is 12.7. The molecule has 5 heteroatoms.